The van der Waals surface area contributed by atoms with Gasteiger partial charge in [-0.3, -0.25) is 0 Å². The van der Waals surface area contributed by atoms with E-state index in [-0.39, 0.29) is 5.41 Å². The molecule has 15 heavy (non-hydrogen) atoms. The van der Waals surface area contributed by atoms with Crippen LogP contribution < -0.4 is 0 Å². The topological polar surface area (TPSA) is 30.7 Å². The van der Waals surface area contributed by atoms with Crippen LogP contribution in [0.1, 0.15) is 26.6 Å². The van der Waals surface area contributed by atoms with Crippen molar-refractivity contribution in [3.8, 4) is 0 Å². The average Bonchev–Trinajstić information content (AvgIpc) is 2.43. The smallest absolute Gasteiger partial charge is 0.131 e. The van der Waals surface area contributed by atoms with Gasteiger partial charge in [0, 0.05) is 18.5 Å². The van der Waals surface area contributed by atoms with Crippen LogP contribution in [0.25, 0.3) is 11.0 Å². The Morgan fingerprint density at radius 3 is 2.60 bits per heavy atom. The van der Waals surface area contributed by atoms with Gasteiger partial charge < -0.3 is 4.57 Å². The fourth-order valence-corrected chi connectivity index (χ4v) is 1.89. The van der Waals surface area contributed by atoms with E-state index in [1.54, 1.807) is 6.20 Å². The summed E-state index contributed by atoms with van der Waals surface area (Å²) in [5.41, 5.74) is 1.95. The summed E-state index contributed by atoms with van der Waals surface area (Å²) in [6, 6.07) is 1.85. The Morgan fingerprint density at radius 1 is 1.33 bits per heavy atom. The molecular formula is C11H14ClN3. The predicted octanol–water partition coefficient (Wildman–Crippen LogP) is 2.92. The number of aryl methyl sites for hydroxylation is 1. The molecule has 0 N–H and O–H groups in total. The first-order chi connectivity index (χ1) is 6.89. The molecule has 0 aliphatic carbocycles. The summed E-state index contributed by atoms with van der Waals surface area (Å²) in [5.74, 6) is 1.04. The van der Waals surface area contributed by atoms with Crippen molar-refractivity contribution in [1.82, 2.24) is 14.5 Å². The van der Waals surface area contributed by atoms with E-state index in [2.05, 4.69) is 35.3 Å². The second kappa shape index (κ2) is 3.20. The number of imidazole rings is 1. The fraction of sp³-hybridized carbons (Fsp3) is 0.455. The SMILES string of the molecule is Cn1c(C(C)(C)C)nc2cnc(Cl)cc21. The molecule has 0 spiro atoms. The van der Waals surface area contributed by atoms with Gasteiger partial charge in [0.15, 0.2) is 0 Å². The zero-order valence-corrected chi connectivity index (χ0v) is 10.1. The maximum atomic E-state index is 5.86. The van der Waals surface area contributed by atoms with Crippen LogP contribution in [0.15, 0.2) is 12.3 Å². The van der Waals surface area contributed by atoms with E-state index in [0.717, 1.165) is 16.9 Å². The summed E-state index contributed by atoms with van der Waals surface area (Å²) in [4.78, 5) is 8.60. The Labute approximate surface area is 94.1 Å². The number of fused-ring (bicyclic) bond motifs is 1. The van der Waals surface area contributed by atoms with Crippen LogP contribution in [-0.2, 0) is 12.5 Å². The predicted molar refractivity (Wildman–Crippen MR) is 62.2 cm³/mol. The maximum absolute atomic E-state index is 5.86. The Morgan fingerprint density at radius 2 is 2.00 bits per heavy atom. The van der Waals surface area contributed by atoms with E-state index in [0.29, 0.717) is 5.15 Å². The van der Waals surface area contributed by atoms with Gasteiger partial charge in [-0.15, -0.1) is 0 Å². The molecule has 0 radical (unpaired) electrons. The lowest BCUT2D eigenvalue weighted by Crippen LogP contribution is -2.17. The van der Waals surface area contributed by atoms with E-state index in [4.69, 9.17) is 11.6 Å². The van der Waals surface area contributed by atoms with Crippen molar-refractivity contribution in [3.63, 3.8) is 0 Å². The van der Waals surface area contributed by atoms with Gasteiger partial charge in [0.2, 0.25) is 0 Å². The van der Waals surface area contributed by atoms with Gasteiger partial charge in [0.25, 0.3) is 0 Å². The molecule has 0 atom stereocenters. The van der Waals surface area contributed by atoms with Gasteiger partial charge in [-0.2, -0.15) is 0 Å². The van der Waals surface area contributed by atoms with Crippen molar-refractivity contribution in [2.24, 2.45) is 7.05 Å². The Bertz CT molecular complexity index is 508. The van der Waals surface area contributed by atoms with Crippen molar-refractivity contribution < 1.29 is 0 Å². The quantitative estimate of drug-likeness (QED) is 0.643. The van der Waals surface area contributed by atoms with E-state index in [1.807, 2.05) is 13.1 Å². The zero-order valence-electron chi connectivity index (χ0n) is 9.37. The lowest BCUT2D eigenvalue weighted by atomic mass is 9.96. The monoisotopic (exact) mass is 223 g/mol. The molecule has 2 heterocycles. The van der Waals surface area contributed by atoms with Crippen LogP contribution in [0.2, 0.25) is 5.15 Å². The molecule has 0 amide bonds. The number of nitrogens with zero attached hydrogens (tertiary/aromatic N) is 3. The number of aromatic nitrogens is 3. The highest BCUT2D eigenvalue weighted by Gasteiger charge is 2.21. The minimum atomic E-state index is 0.0280. The van der Waals surface area contributed by atoms with Gasteiger partial charge in [-0.25, -0.2) is 9.97 Å². The largest absolute Gasteiger partial charge is 0.331 e. The lowest BCUT2D eigenvalue weighted by molar-refractivity contribution is 0.526. The Hall–Kier alpha value is -1.09. The van der Waals surface area contributed by atoms with Crippen LogP contribution >= 0.6 is 11.6 Å². The third-order valence-electron chi connectivity index (χ3n) is 2.40. The number of pyridine rings is 1. The summed E-state index contributed by atoms with van der Waals surface area (Å²) in [6.45, 7) is 6.43. The third kappa shape index (κ3) is 1.72. The minimum Gasteiger partial charge on any atom is -0.331 e. The van der Waals surface area contributed by atoms with E-state index in [9.17, 15) is 0 Å². The van der Waals surface area contributed by atoms with Crippen molar-refractivity contribution in [3.05, 3.63) is 23.2 Å². The molecular weight excluding hydrogens is 210 g/mol. The first-order valence-electron chi connectivity index (χ1n) is 4.88. The van der Waals surface area contributed by atoms with Gasteiger partial charge in [0.05, 0.1) is 11.7 Å². The van der Waals surface area contributed by atoms with Gasteiger partial charge in [-0.05, 0) is 0 Å². The molecule has 0 aromatic carbocycles. The summed E-state index contributed by atoms with van der Waals surface area (Å²) in [6.07, 6.45) is 1.72. The third-order valence-corrected chi connectivity index (χ3v) is 2.61. The molecule has 0 aliphatic heterocycles. The lowest BCUT2D eigenvalue weighted by Gasteiger charge is -2.17. The second-order valence-electron chi connectivity index (χ2n) is 4.74. The van der Waals surface area contributed by atoms with Gasteiger partial charge in [-0.1, -0.05) is 32.4 Å². The molecule has 80 valence electrons. The number of hydrogen-bond acceptors (Lipinski definition) is 2. The Balaban J connectivity index is 2.76. The van der Waals surface area contributed by atoms with E-state index in [1.165, 1.54) is 0 Å². The average molecular weight is 224 g/mol. The van der Waals surface area contributed by atoms with Gasteiger partial charge >= 0.3 is 0 Å². The number of hydrogen-bond donors (Lipinski definition) is 0. The molecule has 0 saturated heterocycles. The van der Waals surface area contributed by atoms with Crippen LogP contribution in [0.3, 0.4) is 0 Å². The minimum absolute atomic E-state index is 0.0280. The molecule has 0 unspecified atom stereocenters. The first kappa shape index (κ1) is 10.4. The van der Waals surface area contributed by atoms with Crippen LogP contribution in [0, 0.1) is 0 Å². The molecule has 0 fully saturated rings. The maximum Gasteiger partial charge on any atom is 0.131 e. The highest BCUT2D eigenvalue weighted by Crippen LogP contribution is 2.25. The van der Waals surface area contributed by atoms with E-state index < -0.39 is 0 Å². The summed E-state index contributed by atoms with van der Waals surface area (Å²) >= 11 is 5.86. The summed E-state index contributed by atoms with van der Waals surface area (Å²) in [5, 5.41) is 0.506. The van der Waals surface area contributed by atoms with E-state index >= 15 is 0 Å². The highest BCUT2D eigenvalue weighted by atomic mass is 35.5. The fourth-order valence-electron chi connectivity index (χ4n) is 1.74. The second-order valence-corrected chi connectivity index (χ2v) is 5.13. The van der Waals surface area contributed by atoms with Crippen molar-refractivity contribution in [2.45, 2.75) is 26.2 Å². The molecule has 3 nitrogen and oxygen atoms in total. The first-order valence-corrected chi connectivity index (χ1v) is 5.26. The standard InChI is InChI=1S/C11H14ClN3/c1-11(2,3)10-14-7-6-13-9(12)5-8(7)15(10)4/h5-6H,1-4H3. The molecule has 0 aliphatic rings. The summed E-state index contributed by atoms with van der Waals surface area (Å²) in [7, 11) is 2.01. The van der Waals surface area contributed by atoms with Gasteiger partial charge in [0.1, 0.15) is 16.5 Å². The Kier molecular flexibility index (Phi) is 2.23. The molecule has 0 saturated carbocycles. The van der Waals surface area contributed by atoms with Crippen LogP contribution in [0.4, 0.5) is 0 Å². The molecule has 2 aromatic heterocycles. The molecule has 0 bridgehead atoms. The molecule has 4 heteroatoms. The normalized spacial score (nSPS) is 12.3. The zero-order chi connectivity index (χ0) is 11.2. The number of rotatable bonds is 0. The number of halogens is 1. The molecule has 2 rings (SSSR count). The van der Waals surface area contributed by atoms with Crippen LogP contribution in [0.5, 0.6) is 0 Å². The van der Waals surface area contributed by atoms with Crippen LogP contribution in [-0.4, -0.2) is 14.5 Å². The molecule has 2 aromatic rings. The van der Waals surface area contributed by atoms with Crippen molar-refractivity contribution >= 4 is 22.6 Å². The summed E-state index contributed by atoms with van der Waals surface area (Å²) < 4.78 is 2.07. The highest BCUT2D eigenvalue weighted by molar-refractivity contribution is 6.29. The van der Waals surface area contributed by atoms with Crippen molar-refractivity contribution in [1.29, 1.82) is 0 Å². The van der Waals surface area contributed by atoms with Crippen molar-refractivity contribution in [2.75, 3.05) is 0 Å².